The predicted molar refractivity (Wildman–Crippen MR) is 96.7 cm³/mol. The second kappa shape index (κ2) is 7.82. The molecule has 2 aromatic rings. The van der Waals surface area contributed by atoms with Gasteiger partial charge < -0.3 is 15.4 Å². The van der Waals surface area contributed by atoms with Gasteiger partial charge in [0.1, 0.15) is 0 Å². The van der Waals surface area contributed by atoms with Crippen molar-refractivity contribution in [1.82, 2.24) is 10.3 Å². The van der Waals surface area contributed by atoms with Crippen molar-refractivity contribution in [2.45, 2.75) is 32.2 Å². The topological polar surface area (TPSA) is 80.3 Å². The fraction of sp³-hybridized carbons (Fsp3) is 0.389. The molecule has 1 aromatic carbocycles. The van der Waals surface area contributed by atoms with Gasteiger partial charge in [0, 0.05) is 11.3 Å². The number of methoxy groups -OCH3 is 1. The van der Waals surface area contributed by atoms with Gasteiger partial charge in [0.15, 0.2) is 16.7 Å². The molecule has 1 heterocycles. The van der Waals surface area contributed by atoms with Crippen LogP contribution in [-0.4, -0.2) is 23.9 Å². The first kappa shape index (κ1) is 18.3. The molecule has 1 atom stereocenters. The van der Waals surface area contributed by atoms with E-state index in [1.54, 1.807) is 18.4 Å². The maximum absolute atomic E-state index is 13.8. The van der Waals surface area contributed by atoms with Crippen molar-refractivity contribution in [2.75, 3.05) is 12.4 Å². The molecule has 138 valence electrons. The van der Waals surface area contributed by atoms with E-state index in [9.17, 15) is 14.0 Å². The van der Waals surface area contributed by atoms with Crippen LogP contribution in [0.1, 0.15) is 37.1 Å². The van der Waals surface area contributed by atoms with E-state index in [4.69, 9.17) is 4.74 Å². The van der Waals surface area contributed by atoms with Crippen LogP contribution < -0.4 is 15.4 Å². The highest BCUT2D eigenvalue weighted by molar-refractivity contribution is 7.13. The van der Waals surface area contributed by atoms with Gasteiger partial charge in [-0.1, -0.05) is 6.07 Å². The van der Waals surface area contributed by atoms with Crippen molar-refractivity contribution in [3.63, 3.8) is 0 Å². The Labute approximate surface area is 154 Å². The lowest BCUT2D eigenvalue weighted by molar-refractivity contribution is -0.121. The van der Waals surface area contributed by atoms with Crippen molar-refractivity contribution in [3.8, 4) is 5.75 Å². The van der Waals surface area contributed by atoms with Crippen molar-refractivity contribution in [2.24, 2.45) is 5.92 Å². The fourth-order valence-corrected chi connectivity index (χ4v) is 3.20. The highest BCUT2D eigenvalue weighted by atomic mass is 32.1. The van der Waals surface area contributed by atoms with E-state index in [2.05, 4.69) is 15.6 Å². The number of rotatable bonds is 7. The van der Waals surface area contributed by atoms with Crippen molar-refractivity contribution < 1.29 is 18.7 Å². The third kappa shape index (κ3) is 4.57. The largest absolute Gasteiger partial charge is 0.494 e. The average molecular weight is 377 g/mol. The molecule has 26 heavy (non-hydrogen) atoms. The molecule has 0 bridgehead atoms. The standard InChI is InChI=1S/C18H20FN3O3S/c1-10(12-5-6-15(25-2)14(19)7-12)20-16(23)8-13-9-26-18(21-13)22-17(24)11-3-4-11/h5-7,9-11H,3-4,8H2,1-2H3,(H,20,23)(H,21,22,24)/t10-/m0/s1. The first-order valence-electron chi connectivity index (χ1n) is 8.34. The Kier molecular flexibility index (Phi) is 5.51. The Balaban J connectivity index is 1.54. The molecule has 2 amide bonds. The molecule has 1 aliphatic carbocycles. The number of nitrogens with zero attached hydrogens (tertiary/aromatic N) is 1. The highest BCUT2D eigenvalue weighted by Gasteiger charge is 2.30. The highest BCUT2D eigenvalue weighted by Crippen LogP contribution is 2.30. The smallest absolute Gasteiger partial charge is 0.229 e. The van der Waals surface area contributed by atoms with Crippen LogP contribution in [-0.2, 0) is 16.0 Å². The molecule has 0 radical (unpaired) electrons. The lowest BCUT2D eigenvalue weighted by Gasteiger charge is -2.15. The summed E-state index contributed by atoms with van der Waals surface area (Å²) in [6.07, 6.45) is 1.95. The Morgan fingerprint density at radius 3 is 2.85 bits per heavy atom. The summed E-state index contributed by atoms with van der Waals surface area (Å²) in [5, 5.41) is 7.84. The van der Waals surface area contributed by atoms with E-state index in [1.165, 1.54) is 30.6 Å². The van der Waals surface area contributed by atoms with Crippen molar-refractivity contribution in [3.05, 3.63) is 40.7 Å². The van der Waals surface area contributed by atoms with Gasteiger partial charge in [0.05, 0.1) is 25.3 Å². The molecular weight excluding hydrogens is 357 g/mol. The van der Waals surface area contributed by atoms with E-state index < -0.39 is 5.82 Å². The average Bonchev–Trinajstić information content (AvgIpc) is 3.37. The molecule has 8 heteroatoms. The molecule has 0 unspecified atom stereocenters. The maximum Gasteiger partial charge on any atom is 0.229 e. The summed E-state index contributed by atoms with van der Waals surface area (Å²) >= 11 is 1.30. The van der Waals surface area contributed by atoms with Crippen LogP contribution in [0.2, 0.25) is 0 Å². The molecular formula is C18H20FN3O3S. The minimum atomic E-state index is -0.471. The molecule has 1 fully saturated rings. The molecule has 0 saturated heterocycles. The van der Waals surface area contributed by atoms with Gasteiger partial charge >= 0.3 is 0 Å². The first-order valence-corrected chi connectivity index (χ1v) is 9.22. The second-order valence-corrected chi connectivity index (χ2v) is 7.13. The Morgan fingerprint density at radius 1 is 1.42 bits per heavy atom. The number of hydrogen-bond donors (Lipinski definition) is 2. The minimum absolute atomic E-state index is 0.00879. The molecule has 2 N–H and O–H groups in total. The van der Waals surface area contributed by atoms with Crippen molar-refractivity contribution in [1.29, 1.82) is 0 Å². The number of halogens is 1. The number of carbonyl (C=O) groups is 2. The number of anilines is 1. The summed E-state index contributed by atoms with van der Waals surface area (Å²) in [7, 11) is 1.40. The van der Waals surface area contributed by atoms with Gasteiger partial charge in [0.2, 0.25) is 11.8 Å². The van der Waals surface area contributed by atoms with Gasteiger partial charge in [0.25, 0.3) is 0 Å². The fourth-order valence-electron chi connectivity index (χ4n) is 2.49. The molecule has 0 aliphatic heterocycles. The first-order chi connectivity index (χ1) is 12.5. The summed E-state index contributed by atoms with van der Waals surface area (Å²) in [6, 6.07) is 4.23. The van der Waals surface area contributed by atoms with E-state index >= 15 is 0 Å². The summed E-state index contributed by atoms with van der Waals surface area (Å²) in [5.41, 5.74) is 1.24. The van der Waals surface area contributed by atoms with Crippen LogP contribution in [0.15, 0.2) is 23.6 Å². The zero-order chi connectivity index (χ0) is 18.7. The molecule has 0 spiro atoms. The number of benzene rings is 1. The zero-order valence-corrected chi connectivity index (χ0v) is 15.4. The third-order valence-corrected chi connectivity index (χ3v) is 4.93. The van der Waals surface area contributed by atoms with Crippen LogP contribution in [0.5, 0.6) is 5.75 Å². The summed E-state index contributed by atoms with van der Waals surface area (Å²) < 4.78 is 18.7. The van der Waals surface area contributed by atoms with Gasteiger partial charge in [-0.05, 0) is 37.5 Å². The van der Waals surface area contributed by atoms with Crippen LogP contribution in [0, 0.1) is 11.7 Å². The molecule has 1 saturated carbocycles. The Bertz CT molecular complexity index is 820. The number of nitrogens with one attached hydrogen (secondary N) is 2. The minimum Gasteiger partial charge on any atom is -0.494 e. The number of thiazole rings is 1. The number of amides is 2. The maximum atomic E-state index is 13.8. The number of aromatic nitrogens is 1. The van der Waals surface area contributed by atoms with Gasteiger partial charge in [-0.3, -0.25) is 9.59 Å². The quantitative estimate of drug-likeness (QED) is 0.777. The van der Waals surface area contributed by atoms with Crippen LogP contribution in [0.4, 0.5) is 9.52 Å². The van der Waals surface area contributed by atoms with E-state index in [0.717, 1.165) is 12.8 Å². The van der Waals surface area contributed by atoms with Crippen LogP contribution in [0.25, 0.3) is 0 Å². The molecule has 1 aliphatic rings. The number of ether oxygens (including phenoxy) is 1. The Morgan fingerprint density at radius 2 is 2.19 bits per heavy atom. The number of carbonyl (C=O) groups excluding carboxylic acids is 2. The lowest BCUT2D eigenvalue weighted by atomic mass is 10.1. The summed E-state index contributed by atoms with van der Waals surface area (Å²) in [4.78, 5) is 28.2. The van der Waals surface area contributed by atoms with Gasteiger partial charge in [-0.2, -0.15) is 0 Å². The summed E-state index contributed by atoms with van der Waals surface area (Å²) in [6.45, 7) is 1.78. The number of hydrogen-bond acceptors (Lipinski definition) is 5. The van der Waals surface area contributed by atoms with E-state index in [0.29, 0.717) is 16.4 Å². The van der Waals surface area contributed by atoms with E-state index in [-0.39, 0.29) is 35.9 Å². The van der Waals surface area contributed by atoms with Crippen LogP contribution >= 0.6 is 11.3 Å². The SMILES string of the molecule is COc1ccc([C@H](C)NC(=O)Cc2csc(NC(=O)C3CC3)n2)cc1F. The second-order valence-electron chi connectivity index (χ2n) is 6.27. The molecule has 1 aromatic heterocycles. The zero-order valence-electron chi connectivity index (χ0n) is 14.5. The molecule has 3 rings (SSSR count). The van der Waals surface area contributed by atoms with Gasteiger partial charge in [-0.15, -0.1) is 11.3 Å². The van der Waals surface area contributed by atoms with Crippen LogP contribution in [0.3, 0.4) is 0 Å². The summed E-state index contributed by atoms with van der Waals surface area (Å²) in [5.74, 6) is -0.432. The third-order valence-electron chi connectivity index (χ3n) is 4.13. The monoisotopic (exact) mass is 377 g/mol. The lowest BCUT2D eigenvalue weighted by Crippen LogP contribution is -2.28. The molecule has 6 nitrogen and oxygen atoms in total. The Hall–Kier alpha value is -2.48. The normalized spacial score (nSPS) is 14.6. The van der Waals surface area contributed by atoms with Gasteiger partial charge in [-0.25, -0.2) is 9.37 Å². The van der Waals surface area contributed by atoms with E-state index in [1.807, 2.05) is 0 Å². The predicted octanol–water partition coefficient (Wildman–Crippen LogP) is 3.06. The van der Waals surface area contributed by atoms with Crippen molar-refractivity contribution >= 4 is 28.3 Å².